The maximum Gasteiger partial charge on any atom is 0.223 e. The Morgan fingerprint density at radius 2 is 1.90 bits per heavy atom. The summed E-state index contributed by atoms with van der Waals surface area (Å²) in [6.07, 6.45) is 1.84. The Morgan fingerprint density at radius 1 is 1.25 bits per heavy atom. The molecule has 0 aliphatic carbocycles. The molecular weight excluding hydrogens is 256 g/mol. The van der Waals surface area contributed by atoms with E-state index in [4.69, 9.17) is 9.47 Å². The van der Waals surface area contributed by atoms with Crippen molar-refractivity contribution in [3.63, 3.8) is 0 Å². The van der Waals surface area contributed by atoms with E-state index in [2.05, 4.69) is 10.6 Å². The normalized spacial score (nSPS) is 15.7. The third-order valence-corrected chi connectivity index (χ3v) is 3.44. The van der Waals surface area contributed by atoms with Gasteiger partial charge in [0.2, 0.25) is 5.91 Å². The van der Waals surface area contributed by atoms with E-state index < -0.39 is 0 Å². The van der Waals surface area contributed by atoms with E-state index >= 15 is 0 Å². The fourth-order valence-electron chi connectivity index (χ4n) is 2.24. The molecule has 0 saturated carbocycles. The second-order valence-corrected chi connectivity index (χ2v) is 4.84. The number of nitrogens with one attached hydrogen (secondary N) is 2. The smallest absolute Gasteiger partial charge is 0.223 e. The maximum absolute atomic E-state index is 11.9. The van der Waals surface area contributed by atoms with E-state index in [1.54, 1.807) is 7.11 Å². The molecule has 1 heterocycles. The highest BCUT2D eigenvalue weighted by atomic mass is 16.5. The minimum absolute atomic E-state index is 0.143. The van der Waals surface area contributed by atoms with E-state index in [9.17, 15) is 4.79 Å². The number of carbonyl (C=O) groups is 1. The number of hydrogen-bond acceptors (Lipinski definition) is 4. The molecular formula is C15H22N2O3. The molecule has 0 unspecified atom stereocenters. The molecule has 0 radical (unpaired) electrons. The summed E-state index contributed by atoms with van der Waals surface area (Å²) in [4.78, 5) is 11.9. The van der Waals surface area contributed by atoms with Crippen LogP contribution in [0.4, 0.5) is 0 Å². The molecule has 0 aromatic heterocycles. The lowest BCUT2D eigenvalue weighted by Crippen LogP contribution is -2.39. The first kappa shape index (κ1) is 14.7. The number of rotatable bonds is 6. The van der Waals surface area contributed by atoms with Gasteiger partial charge in [-0.2, -0.15) is 0 Å². The molecule has 20 heavy (non-hydrogen) atoms. The van der Waals surface area contributed by atoms with Gasteiger partial charge in [-0.05, 0) is 50.2 Å². The van der Waals surface area contributed by atoms with Gasteiger partial charge in [0.1, 0.15) is 18.1 Å². The summed E-state index contributed by atoms with van der Waals surface area (Å²) in [5, 5.41) is 6.18. The predicted molar refractivity (Wildman–Crippen MR) is 77.1 cm³/mol. The number of carbonyl (C=O) groups excluding carboxylic acids is 1. The van der Waals surface area contributed by atoms with Gasteiger partial charge < -0.3 is 20.1 Å². The SMILES string of the molecule is COc1ccc(OCCNC(=O)C2CCNCC2)cc1. The number of piperidine rings is 1. The molecule has 5 nitrogen and oxygen atoms in total. The van der Waals surface area contributed by atoms with Crippen LogP contribution in [0.1, 0.15) is 12.8 Å². The molecule has 0 bridgehead atoms. The summed E-state index contributed by atoms with van der Waals surface area (Å²) in [7, 11) is 1.63. The van der Waals surface area contributed by atoms with Crippen LogP contribution in [0.15, 0.2) is 24.3 Å². The predicted octanol–water partition coefficient (Wildman–Crippen LogP) is 1.19. The van der Waals surface area contributed by atoms with Crippen LogP contribution in [0.2, 0.25) is 0 Å². The lowest BCUT2D eigenvalue weighted by Gasteiger charge is -2.21. The third-order valence-electron chi connectivity index (χ3n) is 3.44. The van der Waals surface area contributed by atoms with Crippen LogP contribution in [-0.2, 0) is 4.79 Å². The van der Waals surface area contributed by atoms with Gasteiger partial charge in [-0.3, -0.25) is 4.79 Å². The van der Waals surface area contributed by atoms with Crippen LogP contribution >= 0.6 is 0 Å². The highest BCUT2D eigenvalue weighted by Gasteiger charge is 2.20. The van der Waals surface area contributed by atoms with E-state index in [0.29, 0.717) is 13.2 Å². The van der Waals surface area contributed by atoms with Crippen LogP contribution in [0.5, 0.6) is 11.5 Å². The van der Waals surface area contributed by atoms with Crippen LogP contribution in [-0.4, -0.2) is 39.3 Å². The first-order valence-corrected chi connectivity index (χ1v) is 7.05. The summed E-state index contributed by atoms with van der Waals surface area (Å²) in [5.41, 5.74) is 0. The molecule has 1 fully saturated rings. The van der Waals surface area contributed by atoms with Crippen molar-refractivity contribution in [2.45, 2.75) is 12.8 Å². The zero-order valence-corrected chi connectivity index (χ0v) is 11.9. The van der Waals surface area contributed by atoms with Gasteiger partial charge >= 0.3 is 0 Å². The standard InChI is InChI=1S/C15H22N2O3/c1-19-13-2-4-14(5-3-13)20-11-10-17-15(18)12-6-8-16-9-7-12/h2-5,12,16H,6-11H2,1H3,(H,17,18). The van der Waals surface area contributed by atoms with E-state index in [1.165, 1.54) is 0 Å². The monoisotopic (exact) mass is 278 g/mol. The van der Waals surface area contributed by atoms with E-state index in [0.717, 1.165) is 37.4 Å². The molecule has 1 aromatic rings. The summed E-state index contributed by atoms with van der Waals surface area (Å²) >= 11 is 0. The zero-order valence-electron chi connectivity index (χ0n) is 11.9. The maximum atomic E-state index is 11.9. The third kappa shape index (κ3) is 4.42. The molecule has 1 saturated heterocycles. The second-order valence-electron chi connectivity index (χ2n) is 4.84. The molecule has 1 aliphatic heterocycles. The van der Waals surface area contributed by atoms with E-state index in [-0.39, 0.29) is 11.8 Å². The van der Waals surface area contributed by atoms with Crippen molar-refractivity contribution in [1.29, 1.82) is 0 Å². The Bertz CT molecular complexity index is 414. The average molecular weight is 278 g/mol. The molecule has 1 aromatic carbocycles. The molecule has 2 rings (SSSR count). The van der Waals surface area contributed by atoms with Crippen LogP contribution in [0.3, 0.4) is 0 Å². The number of amides is 1. The van der Waals surface area contributed by atoms with Crippen LogP contribution < -0.4 is 20.1 Å². The molecule has 1 amide bonds. The highest BCUT2D eigenvalue weighted by Crippen LogP contribution is 2.16. The Morgan fingerprint density at radius 3 is 2.55 bits per heavy atom. The Hall–Kier alpha value is -1.75. The van der Waals surface area contributed by atoms with Crippen molar-refractivity contribution in [2.24, 2.45) is 5.92 Å². The fraction of sp³-hybridized carbons (Fsp3) is 0.533. The topological polar surface area (TPSA) is 59.6 Å². The van der Waals surface area contributed by atoms with Gasteiger partial charge in [0, 0.05) is 5.92 Å². The lowest BCUT2D eigenvalue weighted by molar-refractivity contribution is -0.125. The van der Waals surface area contributed by atoms with Crippen molar-refractivity contribution in [2.75, 3.05) is 33.4 Å². The largest absolute Gasteiger partial charge is 0.497 e. The molecule has 1 aliphatic rings. The molecule has 0 atom stereocenters. The Labute approximate surface area is 119 Å². The van der Waals surface area contributed by atoms with Gasteiger partial charge in [0.05, 0.1) is 13.7 Å². The average Bonchev–Trinajstić information content (AvgIpc) is 2.53. The van der Waals surface area contributed by atoms with Gasteiger partial charge in [-0.1, -0.05) is 0 Å². The lowest BCUT2D eigenvalue weighted by atomic mass is 9.97. The number of hydrogen-bond donors (Lipinski definition) is 2. The molecule has 2 N–H and O–H groups in total. The van der Waals surface area contributed by atoms with Gasteiger partial charge in [0.25, 0.3) is 0 Å². The molecule has 0 spiro atoms. The molecule has 5 heteroatoms. The fourth-order valence-corrected chi connectivity index (χ4v) is 2.24. The summed E-state index contributed by atoms with van der Waals surface area (Å²) in [5.74, 6) is 1.88. The van der Waals surface area contributed by atoms with E-state index in [1.807, 2.05) is 24.3 Å². The van der Waals surface area contributed by atoms with Gasteiger partial charge in [-0.25, -0.2) is 0 Å². The summed E-state index contributed by atoms with van der Waals surface area (Å²) < 4.78 is 10.6. The Balaban J connectivity index is 1.64. The van der Waals surface area contributed by atoms with Crippen molar-refractivity contribution in [3.05, 3.63) is 24.3 Å². The van der Waals surface area contributed by atoms with Gasteiger partial charge in [-0.15, -0.1) is 0 Å². The first-order valence-electron chi connectivity index (χ1n) is 7.05. The first-order chi connectivity index (χ1) is 9.79. The highest BCUT2D eigenvalue weighted by molar-refractivity contribution is 5.78. The summed E-state index contributed by atoms with van der Waals surface area (Å²) in [6.45, 7) is 2.87. The second kappa shape index (κ2) is 7.75. The number of ether oxygens (including phenoxy) is 2. The zero-order chi connectivity index (χ0) is 14.2. The minimum Gasteiger partial charge on any atom is -0.497 e. The van der Waals surface area contributed by atoms with Crippen molar-refractivity contribution < 1.29 is 14.3 Å². The number of methoxy groups -OCH3 is 1. The van der Waals surface area contributed by atoms with Crippen molar-refractivity contribution in [1.82, 2.24) is 10.6 Å². The number of benzene rings is 1. The van der Waals surface area contributed by atoms with Crippen LogP contribution in [0.25, 0.3) is 0 Å². The van der Waals surface area contributed by atoms with Crippen molar-refractivity contribution in [3.8, 4) is 11.5 Å². The Kier molecular flexibility index (Phi) is 5.68. The van der Waals surface area contributed by atoms with Crippen LogP contribution in [0, 0.1) is 5.92 Å². The summed E-state index contributed by atoms with van der Waals surface area (Å²) in [6, 6.07) is 7.41. The van der Waals surface area contributed by atoms with Crippen molar-refractivity contribution >= 4 is 5.91 Å². The minimum atomic E-state index is 0.143. The quantitative estimate of drug-likeness (QED) is 0.767. The molecule has 110 valence electrons. The van der Waals surface area contributed by atoms with Gasteiger partial charge in [0.15, 0.2) is 0 Å².